The number of hydrogen-bond acceptors (Lipinski definition) is 4. The molecule has 49 heavy (non-hydrogen) atoms. The molecule has 12 heteroatoms. The van der Waals surface area contributed by atoms with Gasteiger partial charge in [0.15, 0.2) is 0 Å². The number of allylic oxidation sites excluding steroid dienone is 1. The summed E-state index contributed by atoms with van der Waals surface area (Å²) in [7, 11) is 0. The monoisotopic (exact) mass is 708 g/mol. The summed E-state index contributed by atoms with van der Waals surface area (Å²) in [5.41, 5.74) is 8.60. The van der Waals surface area contributed by atoms with Gasteiger partial charge in [-0.05, 0) is 116 Å². The van der Waals surface area contributed by atoms with E-state index in [0.717, 1.165) is 30.9 Å². The van der Waals surface area contributed by atoms with Crippen LogP contribution in [-0.4, -0.2) is 24.1 Å². The molecular formula is C37H52F8N2O2. The standard InChI is InChI=1S/C37H52F8N2O2/c1-21(2)7-6-8-22(3)27-13-14-28-26-11-9-23-19-25(15-17-32(23,4)29(26)16-18-33(27,28)5)48-49-37(44,45)36(42,43)35(40,41)34(38,39)30-12-10-24(46)20-31(30)47/h9-10,12,20-22,25-29H,6-8,11,13-19,46-47H2,1-5H3/t22-,25+,26+,27-,28+,29+,32+,33-/m1/s1. The predicted octanol–water partition coefficient (Wildman–Crippen LogP) is 11.2. The van der Waals surface area contributed by atoms with E-state index < -0.39 is 41.2 Å². The lowest BCUT2D eigenvalue weighted by Gasteiger charge is -2.58. The smallest absolute Gasteiger partial charge is 0.399 e. The Morgan fingerprint density at radius 2 is 1.55 bits per heavy atom. The number of benzene rings is 1. The lowest BCUT2D eigenvalue weighted by Crippen LogP contribution is -2.62. The van der Waals surface area contributed by atoms with E-state index in [1.807, 2.05) is 0 Å². The first-order valence-corrected chi connectivity index (χ1v) is 17.8. The normalized spacial score (nSPS) is 33.1. The van der Waals surface area contributed by atoms with Crippen molar-refractivity contribution in [3.63, 3.8) is 0 Å². The second-order valence-corrected chi connectivity index (χ2v) is 16.4. The molecule has 4 nitrogen and oxygen atoms in total. The summed E-state index contributed by atoms with van der Waals surface area (Å²) < 4.78 is 118. The largest absolute Gasteiger partial charge is 0.451 e. The molecule has 0 unspecified atom stereocenters. The van der Waals surface area contributed by atoms with Crippen molar-refractivity contribution in [1.29, 1.82) is 0 Å². The van der Waals surface area contributed by atoms with Gasteiger partial charge in [-0.1, -0.05) is 65.5 Å². The van der Waals surface area contributed by atoms with E-state index in [9.17, 15) is 35.1 Å². The van der Waals surface area contributed by atoms with Crippen LogP contribution in [0.25, 0.3) is 0 Å². The Bertz CT molecular complexity index is 1390. The summed E-state index contributed by atoms with van der Waals surface area (Å²) in [5.74, 6) is -15.6. The van der Waals surface area contributed by atoms with Gasteiger partial charge in [0.2, 0.25) is 0 Å². The van der Waals surface area contributed by atoms with Crippen LogP contribution < -0.4 is 11.5 Å². The first kappa shape index (κ1) is 38.2. The van der Waals surface area contributed by atoms with Gasteiger partial charge in [-0.3, -0.25) is 0 Å². The van der Waals surface area contributed by atoms with Crippen LogP contribution in [0.3, 0.4) is 0 Å². The lowest BCUT2D eigenvalue weighted by molar-refractivity contribution is -0.524. The zero-order valence-corrected chi connectivity index (χ0v) is 29.1. The van der Waals surface area contributed by atoms with E-state index in [1.54, 1.807) is 0 Å². The average molecular weight is 709 g/mol. The van der Waals surface area contributed by atoms with Crippen LogP contribution >= 0.6 is 0 Å². The Morgan fingerprint density at radius 1 is 0.857 bits per heavy atom. The van der Waals surface area contributed by atoms with Crippen LogP contribution in [0.1, 0.15) is 111 Å². The van der Waals surface area contributed by atoms with E-state index in [2.05, 4.69) is 45.6 Å². The summed E-state index contributed by atoms with van der Waals surface area (Å²) in [5, 5.41) is 0. The maximum Gasteiger partial charge on any atom is 0.451 e. The minimum absolute atomic E-state index is 0.0906. The fourth-order valence-electron chi connectivity index (χ4n) is 10.3. The summed E-state index contributed by atoms with van der Waals surface area (Å²) in [6, 6.07) is 1.65. The van der Waals surface area contributed by atoms with Gasteiger partial charge in [-0.15, -0.1) is 0 Å². The van der Waals surface area contributed by atoms with Gasteiger partial charge >= 0.3 is 23.9 Å². The van der Waals surface area contributed by atoms with Crippen molar-refractivity contribution in [2.75, 3.05) is 11.5 Å². The van der Waals surface area contributed by atoms with E-state index in [1.165, 1.54) is 32.1 Å². The number of fused-ring (bicyclic) bond motifs is 5. The summed E-state index contributed by atoms with van der Waals surface area (Å²) in [6.45, 7) is 11.6. The molecule has 0 aromatic heterocycles. The van der Waals surface area contributed by atoms with Crippen molar-refractivity contribution < 1.29 is 44.9 Å². The molecule has 0 aliphatic heterocycles. The maximum atomic E-state index is 14.8. The molecule has 0 spiro atoms. The summed E-state index contributed by atoms with van der Waals surface area (Å²) >= 11 is 0. The van der Waals surface area contributed by atoms with E-state index in [4.69, 9.17) is 16.4 Å². The molecule has 5 rings (SSSR count). The summed E-state index contributed by atoms with van der Waals surface area (Å²) in [6.07, 6.45) is 4.76. The van der Waals surface area contributed by atoms with Gasteiger partial charge in [-0.25, -0.2) is 4.89 Å². The van der Waals surface area contributed by atoms with Crippen LogP contribution in [0.5, 0.6) is 0 Å². The third-order valence-electron chi connectivity index (χ3n) is 13.1. The van der Waals surface area contributed by atoms with Gasteiger partial charge < -0.3 is 11.5 Å². The van der Waals surface area contributed by atoms with Gasteiger partial charge in [0.1, 0.15) is 0 Å². The molecule has 0 bridgehead atoms. The fourth-order valence-corrected chi connectivity index (χ4v) is 10.3. The van der Waals surface area contributed by atoms with Crippen molar-refractivity contribution in [3.8, 4) is 0 Å². The van der Waals surface area contributed by atoms with Crippen LogP contribution in [0, 0.1) is 46.3 Å². The molecular weight excluding hydrogens is 656 g/mol. The first-order chi connectivity index (χ1) is 22.6. The second-order valence-electron chi connectivity index (χ2n) is 16.4. The molecule has 4 aliphatic rings. The highest BCUT2D eigenvalue weighted by Crippen LogP contribution is 2.67. The number of hydrogen-bond donors (Lipinski definition) is 2. The Kier molecular flexibility index (Phi) is 10.2. The van der Waals surface area contributed by atoms with Crippen molar-refractivity contribution in [3.05, 3.63) is 35.4 Å². The topological polar surface area (TPSA) is 70.5 Å². The minimum Gasteiger partial charge on any atom is -0.399 e. The highest BCUT2D eigenvalue weighted by Gasteiger charge is 2.83. The van der Waals surface area contributed by atoms with Crippen LogP contribution in [0.15, 0.2) is 29.8 Å². The van der Waals surface area contributed by atoms with Crippen molar-refractivity contribution in [1.82, 2.24) is 0 Å². The summed E-state index contributed by atoms with van der Waals surface area (Å²) in [4.78, 5) is 8.39. The van der Waals surface area contributed by atoms with Crippen molar-refractivity contribution >= 4 is 11.4 Å². The van der Waals surface area contributed by atoms with E-state index >= 15 is 0 Å². The van der Waals surface area contributed by atoms with Crippen molar-refractivity contribution in [2.45, 2.75) is 135 Å². The SMILES string of the molecule is CC(C)CCC[C@@H](C)[C@H]1CC[C@H]2[C@@H]3CC=C4C[C@@H](OOC(F)(F)C(F)(F)C(F)(F)C(F)(F)c5ccc(N)cc5N)CC[C@]4(C)[C@H]3CC[C@]12C. The average Bonchev–Trinajstić information content (AvgIpc) is 3.36. The molecule has 0 saturated heterocycles. The van der Waals surface area contributed by atoms with E-state index in [-0.39, 0.29) is 29.4 Å². The second kappa shape index (κ2) is 13.2. The maximum absolute atomic E-state index is 14.8. The number of anilines is 2. The Labute approximate surface area is 284 Å². The number of alkyl halides is 8. The molecule has 4 N–H and O–H groups in total. The van der Waals surface area contributed by atoms with Gasteiger partial charge in [-0.2, -0.15) is 40.0 Å². The third-order valence-corrected chi connectivity index (χ3v) is 13.1. The molecule has 4 aliphatic carbocycles. The molecule has 3 saturated carbocycles. The van der Waals surface area contributed by atoms with Gasteiger partial charge in [0.05, 0.1) is 11.7 Å². The van der Waals surface area contributed by atoms with Crippen LogP contribution in [-0.2, 0) is 15.7 Å². The van der Waals surface area contributed by atoms with Crippen molar-refractivity contribution in [2.24, 2.45) is 46.3 Å². The Balaban J connectivity index is 1.24. The molecule has 1 aromatic carbocycles. The van der Waals surface area contributed by atoms with E-state index in [0.29, 0.717) is 54.1 Å². The van der Waals surface area contributed by atoms with Gasteiger partial charge in [0.25, 0.3) is 0 Å². The molecule has 1 aromatic rings. The quantitative estimate of drug-likeness (QED) is 0.0746. The molecule has 3 fully saturated rings. The molecule has 278 valence electrons. The number of nitrogens with two attached hydrogens (primary N) is 2. The lowest BCUT2D eigenvalue weighted by atomic mass is 9.47. The molecule has 0 radical (unpaired) electrons. The number of halogens is 8. The number of rotatable bonds is 12. The Hall–Kier alpha value is -2.08. The highest BCUT2D eigenvalue weighted by atomic mass is 19.4. The molecule has 0 heterocycles. The predicted molar refractivity (Wildman–Crippen MR) is 173 cm³/mol. The Morgan fingerprint density at radius 3 is 2.20 bits per heavy atom. The fraction of sp³-hybridized carbons (Fsp3) is 0.784. The van der Waals surface area contributed by atoms with Crippen LogP contribution in [0.2, 0.25) is 0 Å². The van der Waals surface area contributed by atoms with Crippen LogP contribution in [0.4, 0.5) is 46.5 Å². The zero-order valence-electron chi connectivity index (χ0n) is 29.1. The highest BCUT2D eigenvalue weighted by molar-refractivity contribution is 5.58. The first-order valence-electron chi connectivity index (χ1n) is 17.8. The molecule has 0 amide bonds. The zero-order chi connectivity index (χ0) is 36.4. The molecule has 8 atom stereocenters. The third kappa shape index (κ3) is 6.37. The number of nitrogen functional groups attached to an aromatic ring is 2. The minimum atomic E-state index is -6.68. The van der Waals surface area contributed by atoms with Gasteiger partial charge in [0, 0.05) is 11.4 Å².